The molecule has 1 aliphatic carbocycles. The van der Waals surface area contributed by atoms with Crippen LogP contribution in [0.5, 0.6) is 11.5 Å². The number of ether oxygens (including phenoxy) is 1. The van der Waals surface area contributed by atoms with Crippen LogP contribution in [0.2, 0.25) is 0 Å². The number of furan rings is 7. The zero-order chi connectivity index (χ0) is 83.1. The number of hydrogen-bond acceptors (Lipinski definition) is 12. The Kier molecular flexibility index (Phi) is 15.5. The molecule has 0 spiro atoms. The molecule has 0 saturated carbocycles. The molecule has 11 nitrogen and oxygen atoms in total. The van der Waals surface area contributed by atoms with Crippen LogP contribution in [0.25, 0.3) is 165 Å². The fraction of sp³-hybridized carbons (Fsp3) is 0.00870. The molecule has 0 bridgehead atoms. The Morgan fingerprint density at radius 3 is 1.11 bits per heavy atom. The summed E-state index contributed by atoms with van der Waals surface area (Å²) in [6, 6.07) is 142. The topological polar surface area (TPSA) is 111 Å². The molecule has 26 aromatic rings. The highest BCUT2D eigenvalue weighted by atomic mass is 32.2. The van der Waals surface area contributed by atoms with Gasteiger partial charge in [-0.15, -0.1) is 0 Å². The van der Waals surface area contributed by atoms with E-state index >= 15 is 0 Å². The lowest BCUT2D eigenvalue weighted by atomic mass is 9.67. The van der Waals surface area contributed by atoms with Crippen molar-refractivity contribution in [1.29, 1.82) is 0 Å². The number of fused-ring (bicyclic) bond motifs is 31. The normalized spacial score (nSPS) is 13.1. The van der Waals surface area contributed by atoms with Gasteiger partial charge in [-0.05, 0) is 203 Å². The van der Waals surface area contributed by atoms with Gasteiger partial charge in [0.05, 0.1) is 77.5 Å². The number of rotatable bonds is 7. The number of para-hydroxylation sites is 10. The molecule has 0 amide bonds. The van der Waals surface area contributed by atoms with E-state index in [4.69, 9.17) is 35.7 Å². The van der Waals surface area contributed by atoms with Gasteiger partial charge in [0, 0.05) is 70.3 Å². The first-order valence-corrected chi connectivity index (χ1v) is 43.5. The van der Waals surface area contributed by atoms with Crippen molar-refractivity contribution in [1.82, 2.24) is 0 Å². The maximum absolute atomic E-state index is 6.70. The Labute approximate surface area is 728 Å². The van der Waals surface area contributed by atoms with Gasteiger partial charge in [0.1, 0.15) is 78.2 Å². The van der Waals surface area contributed by atoms with Gasteiger partial charge in [0.2, 0.25) is 0 Å². The lowest BCUT2D eigenvalue weighted by Crippen LogP contribution is -2.28. The highest BCUT2D eigenvalue weighted by Crippen LogP contribution is 2.61. The van der Waals surface area contributed by atoms with E-state index in [1.165, 1.54) is 54.5 Å². The van der Waals surface area contributed by atoms with Crippen LogP contribution in [-0.4, -0.2) is 0 Å². The highest BCUT2D eigenvalue weighted by Gasteiger charge is 2.47. The van der Waals surface area contributed by atoms with Crippen LogP contribution < -0.4 is 19.4 Å². The monoisotopic (exact) mass is 1650 g/mol. The lowest BCUT2D eigenvalue weighted by molar-refractivity contribution is 0.477. The summed E-state index contributed by atoms with van der Waals surface area (Å²) >= 11 is 1.81. The molecule has 0 saturated heterocycles. The number of nitrogens with zero attached hydrogens (tertiary/aromatic N) is 3. The van der Waals surface area contributed by atoms with E-state index in [1.54, 1.807) is 0 Å². The third-order valence-corrected chi connectivity index (χ3v) is 27.0. The third kappa shape index (κ3) is 10.6. The molecular weight excluding hydrogens is 1580 g/mol. The maximum atomic E-state index is 6.70. The molecule has 0 unspecified atom stereocenters. The van der Waals surface area contributed by atoms with Crippen molar-refractivity contribution in [2.45, 2.75) is 15.2 Å². The van der Waals surface area contributed by atoms with Gasteiger partial charge in [-0.2, -0.15) is 0 Å². The molecule has 0 atom stereocenters. The van der Waals surface area contributed by atoms with Crippen molar-refractivity contribution in [2.75, 3.05) is 14.7 Å². The van der Waals surface area contributed by atoms with Crippen LogP contribution in [0.4, 0.5) is 51.2 Å². The van der Waals surface area contributed by atoms with Crippen LogP contribution in [-0.2, 0) is 5.41 Å². The summed E-state index contributed by atoms with van der Waals surface area (Å²) in [7, 11) is 0. The van der Waals surface area contributed by atoms with Crippen LogP contribution in [0.15, 0.2) is 447 Å². The first kappa shape index (κ1) is 71.0. The van der Waals surface area contributed by atoms with Crippen molar-refractivity contribution in [3.05, 3.63) is 429 Å². The van der Waals surface area contributed by atoms with E-state index in [-0.39, 0.29) is 0 Å². The lowest BCUT2D eigenvalue weighted by Gasteiger charge is -2.35. The van der Waals surface area contributed by atoms with Crippen molar-refractivity contribution >= 4 is 217 Å². The maximum Gasteiger partial charge on any atom is 0.151 e. The van der Waals surface area contributed by atoms with Crippen LogP contribution in [0, 0.1) is 0 Å². The fourth-order valence-electron chi connectivity index (χ4n) is 20.5. The predicted octanol–water partition coefficient (Wildman–Crippen LogP) is 33.7. The standard InChI is InChI=1S/C55H33NO3.C30H17NO3.C30H17NO2S/c1-3-14-34(15-4-1)55(35-16-5-2-6-17-35)44-21-10-7-18-38(44)39-28-26-36(32-45(39)55)56(37-27-29-42-40-19-8-11-23-47(40)57-51(42)33-37)46-22-13-25-49-52(46)53-50(58-49)31-30-43-41-20-9-12-24-48(41)59-54(43)53;1-4-12-23-18(8-1)19-16-17-27-29(30(19)34-23)28-22(11-7-15-26(28)33-27)31-20-9-2-5-13-24(20)32-25-14-6-3-10-21(25)31;1-4-12-23-18(8-1)19-16-17-25-29(30(19)33-23)28-22(11-7-13-24(28)32-25)31-20-9-2-5-14-26(20)34-27-15-6-3-10-21(27)31/h1-33H;2*1-17H. The summed E-state index contributed by atoms with van der Waals surface area (Å²) in [4.78, 5) is 9.46. The average molecular weight is 1650 g/mol. The van der Waals surface area contributed by atoms with Crippen LogP contribution in [0.1, 0.15) is 22.3 Å². The summed E-state index contributed by atoms with van der Waals surface area (Å²) in [6.07, 6.45) is 0. The zero-order valence-electron chi connectivity index (χ0n) is 67.7. The van der Waals surface area contributed by atoms with Gasteiger partial charge in [0.25, 0.3) is 0 Å². The molecule has 3 aliphatic rings. The first-order chi connectivity index (χ1) is 63.0. The van der Waals surface area contributed by atoms with Crippen molar-refractivity contribution in [3.63, 3.8) is 0 Å². The second-order valence-electron chi connectivity index (χ2n) is 32.6. The second kappa shape index (κ2) is 27.7. The van der Waals surface area contributed by atoms with E-state index < -0.39 is 5.41 Å². The molecule has 2 aliphatic heterocycles. The van der Waals surface area contributed by atoms with Crippen molar-refractivity contribution < 1.29 is 35.7 Å². The van der Waals surface area contributed by atoms with E-state index in [0.29, 0.717) is 0 Å². The summed E-state index contributed by atoms with van der Waals surface area (Å²) in [5.41, 5.74) is 28.0. The molecule has 0 fully saturated rings. The molecule has 12 heteroatoms. The molecular formula is C115H67N3O8S. The minimum Gasteiger partial charge on any atom is -0.456 e. The van der Waals surface area contributed by atoms with Gasteiger partial charge in [-0.25, -0.2) is 0 Å². The van der Waals surface area contributed by atoms with Gasteiger partial charge in [0.15, 0.2) is 11.5 Å². The number of benzene rings is 19. The van der Waals surface area contributed by atoms with Gasteiger partial charge >= 0.3 is 0 Å². The minimum absolute atomic E-state index is 0.562. The van der Waals surface area contributed by atoms with E-state index in [2.05, 4.69) is 306 Å². The van der Waals surface area contributed by atoms with E-state index in [1.807, 2.05) is 127 Å². The Bertz CT molecular complexity index is 8650. The van der Waals surface area contributed by atoms with E-state index in [0.717, 1.165) is 205 Å². The molecule has 0 radical (unpaired) electrons. The average Bonchev–Trinajstić information content (AvgIpc) is 1.54. The summed E-state index contributed by atoms with van der Waals surface area (Å²) < 4.78 is 51.7. The Morgan fingerprint density at radius 2 is 0.575 bits per heavy atom. The van der Waals surface area contributed by atoms with Crippen LogP contribution in [0.3, 0.4) is 0 Å². The molecule has 29 rings (SSSR count). The fourth-order valence-corrected chi connectivity index (χ4v) is 21.6. The molecule has 9 heterocycles. The van der Waals surface area contributed by atoms with E-state index in [9.17, 15) is 0 Å². The molecule has 0 N–H and O–H groups in total. The summed E-state index contributed by atoms with van der Waals surface area (Å²) in [6.45, 7) is 0. The Hall–Kier alpha value is -16.7. The quantitative estimate of drug-likeness (QED) is 0.151. The van der Waals surface area contributed by atoms with Crippen molar-refractivity contribution in [3.8, 4) is 22.6 Å². The van der Waals surface area contributed by atoms with Gasteiger partial charge < -0.3 is 50.4 Å². The largest absolute Gasteiger partial charge is 0.456 e. The number of hydrogen-bond donors (Lipinski definition) is 0. The second-order valence-corrected chi connectivity index (χ2v) is 33.7. The van der Waals surface area contributed by atoms with Crippen molar-refractivity contribution in [2.24, 2.45) is 0 Å². The third-order valence-electron chi connectivity index (χ3n) is 25.9. The highest BCUT2D eigenvalue weighted by molar-refractivity contribution is 7.99. The minimum atomic E-state index is -0.562. The molecule has 7 aromatic heterocycles. The SMILES string of the molecule is c1ccc(C2(c3ccccc3)c3ccccc3-c3ccc(N(c4ccc5c(c4)oc4ccccc45)c4cccc5oc6ccc7c8ccccc8oc7c6c45)cc32)cc1.c1ccc2c(c1)Oc1ccccc1N2c1cccc2oc3ccc4c5ccccc5oc4c3c12.c1ccc2c(c1)Sc1ccccc1N2c1cccc2oc3ccc4c5ccccc5oc4c3c12. The van der Waals surface area contributed by atoms with Crippen LogP contribution >= 0.6 is 11.8 Å². The predicted molar refractivity (Wildman–Crippen MR) is 516 cm³/mol. The Morgan fingerprint density at radius 1 is 0.220 bits per heavy atom. The van der Waals surface area contributed by atoms with Gasteiger partial charge in [-0.3, -0.25) is 0 Å². The van der Waals surface area contributed by atoms with Gasteiger partial charge in [-0.1, -0.05) is 242 Å². The first-order valence-electron chi connectivity index (χ1n) is 42.6. The molecule has 127 heavy (non-hydrogen) atoms. The summed E-state index contributed by atoms with van der Waals surface area (Å²) in [5.74, 6) is 1.64. The Balaban J connectivity index is 0.000000105. The summed E-state index contributed by atoms with van der Waals surface area (Å²) in [5, 5.41) is 14.8. The molecule has 596 valence electrons. The zero-order valence-corrected chi connectivity index (χ0v) is 68.5. The smallest absolute Gasteiger partial charge is 0.151 e. The molecule has 19 aromatic carbocycles. The number of anilines is 9.